The highest BCUT2D eigenvalue weighted by Crippen LogP contribution is 1.96. The van der Waals surface area contributed by atoms with E-state index in [2.05, 4.69) is 15.5 Å². The molecule has 0 aromatic carbocycles. The van der Waals surface area contributed by atoms with E-state index in [0.717, 1.165) is 6.42 Å². The molecule has 1 rings (SSSR count). The Balaban J connectivity index is 2.58. The Hall–Kier alpha value is -2.18. The summed E-state index contributed by atoms with van der Waals surface area (Å²) in [6, 6.07) is 2.53. The van der Waals surface area contributed by atoms with Crippen molar-refractivity contribution in [2.45, 2.75) is 13.3 Å². The molecule has 0 spiro atoms. The first-order chi connectivity index (χ1) is 8.54. The predicted octanol–water partition coefficient (Wildman–Crippen LogP) is -0.632. The number of nitrogens with one attached hydrogen (secondary N) is 2. The molecule has 0 atom stereocenters. The second kappa shape index (κ2) is 6.53. The average molecular weight is 252 g/mol. The van der Waals surface area contributed by atoms with Gasteiger partial charge in [0, 0.05) is 19.7 Å². The fourth-order valence-electron chi connectivity index (χ4n) is 1.27. The molecule has 1 aromatic heterocycles. The molecule has 0 unspecified atom stereocenters. The van der Waals surface area contributed by atoms with E-state index in [1.54, 1.807) is 0 Å². The molecular formula is C11H16N4O3. The van der Waals surface area contributed by atoms with Gasteiger partial charge in [-0.05, 0) is 12.5 Å². The molecule has 0 aliphatic heterocycles. The standard InChI is InChI=1S/C11H16N4O3/c1-3-6-12-10(17)7-15(2)11(18)8-4-5-9(16)14-13-8/h4-5H,3,6-7H2,1-2H3,(H,12,17)(H,14,16). The van der Waals surface area contributed by atoms with Crippen molar-refractivity contribution >= 4 is 11.8 Å². The lowest BCUT2D eigenvalue weighted by molar-refractivity contribution is -0.121. The molecule has 0 radical (unpaired) electrons. The van der Waals surface area contributed by atoms with Crippen LogP contribution in [0.15, 0.2) is 16.9 Å². The molecule has 0 saturated heterocycles. The van der Waals surface area contributed by atoms with Crippen LogP contribution < -0.4 is 10.9 Å². The van der Waals surface area contributed by atoms with E-state index in [0.29, 0.717) is 6.54 Å². The van der Waals surface area contributed by atoms with Gasteiger partial charge in [-0.2, -0.15) is 5.10 Å². The number of nitrogens with zero attached hydrogens (tertiary/aromatic N) is 2. The first kappa shape index (κ1) is 13.9. The minimum atomic E-state index is -0.419. The van der Waals surface area contributed by atoms with Crippen LogP contribution in [-0.2, 0) is 4.79 Å². The van der Waals surface area contributed by atoms with Gasteiger partial charge >= 0.3 is 0 Å². The Morgan fingerprint density at radius 2 is 2.17 bits per heavy atom. The van der Waals surface area contributed by atoms with Crippen LogP contribution >= 0.6 is 0 Å². The van der Waals surface area contributed by atoms with Crippen LogP contribution in [-0.4, -0.2) is 47.0 Å². The Labute approximate surface area is 104 Å². The summed E-state index contributed by atoms with van der Waals surface area (Å²) in [7, 11) is 1.50. The van der Waals surface area contributed by atoms with E-state index in [1.807, 2.05) is 6.92 Å². The van der Waals surface area contributed by atoms with Crippen LogP contribution in [0.25, 0.3) is 0 Å². The zero-order chi connectivity index (χ0) is 13.5. The van der Waals surface area contributed by atoms with Crippen LogP contribution in [0.5, 0.6) is 0 Å². The number of carbonyl (C=O) groups excluding carboxylic acids is 2. The van der Waals surface area contributed by atoms with Crippen molar-refractivity contribution in [2.75, 3.05) is 20.1 Å². The fourth-order valence-corrected chi connectivity index (χ4v) is 1.27. The fraction of sp³-hybridized carbons (Fsp3) is 0.455. The van der Waals surface area contributed by atoms with Crippen molar-refractivity contribution in [2.24, 2.45) is 0 Å². The zero-order valence-corrected chi connectivity index (χ0v) is 10.4. The van der Waals surface area contributed by atoms with Crippen molar-refractivity contribution in [1.82, 2.24) is 20.4 Å². The van der Waals surface area contributed by atoms with Crippen LogP contribution in [0.4, 0.5) is 0 Å². The smallest absolute Gasteiger partial charge is 0.274 e. The molecule has 98 valence electrons. The van der Waals surface area contributed by atoms with Crippen LogP contribution in [0.3, 0.4) is 0 Å². The van der Waals surface area contributed by atoms with Gasteiger partial charge in [0.05, 0.1) is 6.54 Å². The Morgan fingerprint density at radius 3 is 2.72 bits per heavy atom. The van der Waals surface area contributed by atoms with E-state index in [9.17, 15) is 14.4 Å². The first-order valence-electron chi connectivity index (χ1n) is 5.62. The molecule has 0 fully saturated rings. The highest BCUT2D eigenvalue weighted by molar-refractivity contribution is 5.94. The minimum Gasteiger partial charge on any atom is -0.355 e. The summed E-state index contributed by atoms with van der Waals surface area (Å²) in [5.74, 6) is -0.643. The molecule has 2 amide bonds. The quantitative estimate of drug-likeness (QED) is 0.729. The highest BCUT2D eigenvalue weighted by atomic mass is 16.2. The Kier molecular flexibility index (Phi) is 5.04. The molecule has 0 saturated carbocycles. The minimum absolute atomic E-state index is 0.0420. The molecule has 1 heterocycles. The monoisotopic (exact) mass is 252 g/mol. The Morgan fingerprint density at radius 1 is 1.44 bits per heavy atom. The molecule has 0 aliphatic carbocycles. The first-order valence-corrected chi connectivity index (χ1v) is 5.62. The third kappa shape index (κ3) is 4.00. The summed E-state index contributed by atoms with van der Waals surface area (Å²) < 4.78 is 0. The van der Waals surface area contributed by atoms with E-state index >= 15 is 0 Å². The molecule has 0 aliphatic rings. The number of aromatic amines is 1. The van der Waals surface area contributed by atoms with E-state index in [1.165, 1.54) is 24.1 Å². The summed E-state index contributed by atoms with van der Waals surface area (Å²) in [6.07, 6.45) is 0.838. The second-order valence-electron chi connectivity index (χ2n) is 3.82. The summed E-state index contributed by atoms with van der Waals surface area (Å²) in [4.78, 5) is 35.3. The molecule has 7 heteroatoms. The van der Waals surface area contributed by atoms with Gasteiger partial charge < -0.3 is 10.2 Å². The molecule has 18 heavy (non-hydrogen) atoms. The third-order valence-electron chi connectivity index (χ3n) is 2.20. The topological polar surface area (TPSA) is 95.2 Å². The number of aromatic nitrogens is 2. The summed E-state index contributed by atoms with van der Waals surface area (Å²) in [5, 5.41) is 8.45. The van der Waals surface area contributed by atoms with Crippen LogP contribution in [0.2, 0.25) is 0 Å². The summed E-state index contributed by atoms with van der Waals surface area (Å²) in [6.45, 7) is 2.48. The normalized spacial score (nSPS) is 9.89. The zero-order valence-electron chi connectivity index (χ0n) is 10.4. The largest absolute Gasteiger partial charge is 0.355 e. The van der Waals surface area contributed by atoms with Gasteiger partial charge in [-0.1, -0.05) is 6.92 Å². The van der Waals surface area contributed by atoms with Gasteiger partial charge in [-0.3, -0.25) is 14.4 Å². The molecule has 7 nitrogen and oxygen atoms in total. The maximum atomic E-state index is 11.8. The predicted molar refractivity (Wildman–Crippen MR) is 65.1 cm³/mol. The van der Waals surface area contributed by atoms with Gasteiger partial charge in [-0.25, -0.2) is 5.10 Å². The lowest BCUT2D eigenvalue weighted by atomic mass is 10.3. The Bertz CT molecular complexity index is 463. The highest BCUT2D eigenvalue weighted by Gasteiger charge is 2.15. The van der Waals surface area contributed by atoms with Crippen LogP contribution in [0, 0.1) is 0 Å². The van der Waals surface area contributed by atoms with Gasteiger partial charge in [0.1, 0.15) is 5.69 Å². The SMILES string of the molecule is CCCNC(=O)CN(C)C(=O)c1ccc(=O)[nH]n1. The number of hydrogen-bond donors (Lipinski definition) is 2. The number of H-pyrrole nitrogens is 1. The molecular weight excluding hydrogens is 236 g/mol. The third-order valence-corrected chi connectivity index (χ3v) is 2.20. The van der Waals surface area contributed by atoms with Gasteiger partial charge in [0.15, 0.2) is 0 Å². The second-order valence-corrected chi connectivity index (χ2v) is 3.82. The molecule has 1 aromatic rings. The maximum Gasteiger partial charge on any atom is 0.274 e. The van der Waals surface area contributed by atoms with Gasteiger partial charge in [-0.15, -0.1) is 0 Å². The van der Waals surface area contributed by atoms with Crippen molar-refractivity contribution in [3.8, 4) is 0 Å². The van der Waals surface area contributed by atoms with Crippen LogP contribution in [0.1, 0.15) is 23.8 Å². The number of hydrogen-bond acceptors (Lipinski definition) is 4. The van der Waals surface area contributed by atoms with Crippen molar-refractivity contribution < 1.29 is 9.59 Å². The van der Waals surface area contributed by atoms with Crippen molar-refractivity contribution in [3.05, 3.63) is 28.2 Å². The van der Waals surface area contributed by atoms with Crippen molar-refractivity contribution in [3.63, 3.8) is 0 Å². The molecule has 2 N–H and O–H groups in total. The van der Waals surface area contributed by atoms with Gasteiger partial charge in [0.2, 0.25) is 5.91 Å². The number of rotatable bonds is 5. The number of likely N-dealkylation sites (N-methyl/N-ethyl adjacent to an activating group) is 1. The number of carbonyl (C=O) groups is 2. The summed E-state index contributed by atoms with van der Waals surface area (Å²) >= 11 is 0. The van der Waals surface area contributed by atoms with Crippen molar-refractivity contribution in [1.29, 1.82) is 0 Å². The maximum absolute atomic E-state index is 11.8. The molecule has 0 bridgehead atoms. The van der Waals surface area contributed by atoms with E-state index in [4.69, 9.17) is 0 Å². The van der Waals surface area contributed by atoms with E-state index < -0.39 is 5.91 Å². The van der Waals surface area contributed by atoms with Gasteiger partial charge in [0.25, 0.3) is 11.5 Å². The average Bonchev–Trinajstić information content (AvgIpc) is 2.36. The van der Waals surface area contributed by atoms with E-state index in [-0.39, 0.29) is 23.7 Å². The number of amides is 2. The lowest BCUT2D eigenvalue weighted by Crippen LogP contribution is -2.39. The summed E-state index contributed by atoms with van der Waals surface area (Å²) in [5.41, 5.74) is -0.282. The lowest BCUT2D eigenvalue weighted by Gasteiger charge is -2.15.